The molecule has 1 aromatic carbocycles. The Balaban J connectivity index is 1.41. The van der Waals surface area contributed by atoms with Gasteiger partial charge in [-0.1, -0.05) is 13.0 Å². The summed E-state index contributed by atoms with van der Waals surface area (Å²) < 4.78 is 6.20. The van der Waals surface area contributed by atoms with Crippen LogP contribution in [0.25, 0.3) is 22.3 Å². The third-order valence-corrected chi connectivity index (χ3v) is 7.35. The number of carbonyl (C=O) groups is 2. The Hall–Kier alpha value is -3.42. The van der Waals surface area contributed by atoms with Gasteiger partial charge in [0.1, 0.15) is 23.3 Å². The summed E-state index contributed by atoms with van der Waals surface area (Å²) in [7, 11) is 0. The first-order valence-corrected chi connectivity index (χ1v) is 13.1. The molecule has 5 rings (SSSR count). The van der Waals surface area contributed by atoms with Crippen LogP contribution < -0.4 is 15.4 Å². The monoisotopic (exact) mass is 489 g/mol. The predicted octanol–water partition coefficient (Wildman–Crippen LogP) is 4.46. The van der Waals surface area contributed by atoms with E-state index >= 15 is 0 Å². The van der Waals surface area contributed by atoms with Gasteiger partial charge in [-0.15, -0.1) is 0 Å². The van der Waals surface area contributed by atoms with Crippen LogP contribution in [-0.4, -0.2) is 45.5 Å². The van der Waals surface area contributed by atoms with Crippen molar-refractivity contribution in [1.29, 1.82) is 0 Å². The Morgan fingerprint density at radius 3 is 2.44 bits per heavy atom. The van der Waals surface area contributed by atoms with E-state index in [0.29, 0.717) is 23.6 Å². The summed E-state index contributed by atoms with van der Waals surface area (Å²) in [4.78, 5) is 37.3. The summed E-state index contributed by atoms with van der Waals surface area (Å²) in [6, 6.07) is 6.54. The van der Waals surface area contributed by atoms with Crippen LogP contribution in [0, 0.1) is 12.8 Å². The van der Waals surface area contributed by atoms with Crippen molar-refractivity contribution < 1.29 is 14.3 Å². The molecule has 2 amide bonds. The third-order valence-electron chi connectivity index (χ3n) is 7.35. The molecule has 0 bridgehead atoms. The number of aromatic nitrogens is 3. The highest BCUT2D eigenvalue weighted by Crippen LogP contribution is 2.37. The molecule has 2 fully saturated rings. The lowest BCUT2D eigenvalue weighted by molar-refractivity contribution is -0.119. The number of aromatic amines is 1. The molecule has 2 aromatic heterocycles. The maximum Gasteiger partial charge on any atom is 0.255 e. The van der Waals surface area contributed by atoms with Gasteiger partial charge >= 0.3 is 0 Å². The number of ether oxygens (including phenoxy) is 1. The molecule has 0 atom stereocenters. The first-order valence-electron chi connectivity index (χ1n) is 13.1. The largest absolute Gasteiger partial charge is 0.493 e. The van der Waals surface area contributed by atoms with Gasteiger partial charge in [-0.05, 0) is 75.5 Å². The third kappa shape index (κ3) is 5.22. The quantitative estimate of drug-likeness (QED) is 0.433. The highest BCUT2D eigenvalue weighted by Gasteiger charge is 2.27. The van der Waals surface area contributed by atoms with E-state index in [4.69, 9.17) is 4.74 Å². The fourth-order valence-corrected chi connectivity index (χ4v) is 5.13. The van der Waals surface area contributed by atoms with Crippen LogP contribution in [0.4, 0.5) is 0 Å². The number of fused-ring (bicyclic) bond motifs is 1. The second-order valence-electron chi connectivity index (χ2n) is 10.2. The molecule has 8 heteroatoms. The first kappa shape index (κ1) is 24.3. The SMILES string of the molecule is CCc1ccc(OCC2CC2)c(-c2ncnc3c(C(=O)N[C@H]4CC[C@H](NC(C)=O)CC4)c(C)[nH]c23)c1. The zero-order valence-electron chi connectivity index (χ0n) is 21.3. The topological polar surface area (TPSA) is 109 Å². The molecular formula is C28H35N5O3. The number of benzene rings is 1. The number of carbonyl (C=O) groups excluding carboxylic acids is 2. The smallest absolute Gasteiger partial charge is 0.255 e. The van der Waals surface area contributed by atoms with Crippen LogP contribution in [0.5, 0.6) is 5.75 Å². The van der Waals surface area contributed by atoms with Crippen LogP contribution in [0.15, 0.2) is 24.5 Å². The maximum atomic E-state index is 13.4. The average Bonchev–Trinajstić information content (AvgIpc) is 3.63. The Bertz CT molecular complexity index is 1270. The van der Waals surface area contributed by atoms with Crippen molar-refractivity contribution in [3.8, 4) is 17.0 Å². The number of nitrogens with one attached hydrogen (secondary N) is 3. The van der Waals surface area contributed by atoms with Crippen molar-refractivity contribution in [2.45, 2.75) is 77.8 Å². The van der Waals surface area contributed by atoms with Gasteiger partial charge in [0.05, 0.1) is 17.7 Å². The fraction of sp³-hybridized carbons (Fsp3) is 0.500. The standard InChI is InChI=1S/C28H35N5O3/c1-4-18-7-12-23(36-14-19-5-6-19)22(13-18)25-27-26(30-15-29-25)24(16(2)31-27)28(35)33-21-10-8-20(9-11-21)32-17(3)34/h7,12-13,15,19-21,31H,4-6,8-11,14H2,1-3H3,(H,32,34)(H,33,35)/t20-,21-. The molecule has 0 aliphatic heterocycles. The minimum atomic E-state index is -0.126. The molecule has 3 aromatic rings. The number of hydrogen-bond donors (Lipinski definition) is 3. The Morgan fingerprint density at radius 2 is 1.78 bits per heavy atom. The number of H-pyrrole nitrogens is 1. The molecule has 36 heavy (non-hydrogen) atoms. The average molecular weight is 490 g/mol. The second kappa shape index (κ2) is 10.3. The van der Waals surface area contributed by atoms with E-state index in [-0.39, 0.29) is 23.9 Å². The van der Waals surface area contributed by atoms with Crippen LogP contribution in [0.2, 0.25) is 0 Å². The van der Waals surface area contributed by atoms with E-state index in [1.54, 1.807) is 6.92 Å². The van der Waals surface area contributed by atoms with Gasteiger partial charge in [0.15, 0.2) is 0 Å². The van der Waals surface area contributed by atoms with Gasteiger partial charge < -0.3 is 20.4 Å². The molecule has 2 heterocycles. The molecule has 0 saturated heterocycles. The first-order chi connectivity index (χ1) is 17.4. The van der Waals surface area contributed by atoms with Gasteiger partial charge in [-0.2, -0.15) is 0 Å². The highest BCUT2D eigenvalue weighted by atomic mass is 16.5. The van der Waals surface area contributed by atoms with Crippen molar-refractivity contribution in [2.75, 3.05) is 6.61 Å². The van der Waals surface area contributed by atoms with Crippen molar-refractivity contribution in [2.24, 2.45) is 5.92 Å². The highest BCUT2D eigenvalue weighted by molar-refractivity contribution is 6.09. The van der Waals surface area contributed by atoms with E-state index in [9.17, 15) is 9.59 Å². The summed E-state index contributed by atoms with van der Waals surface area (Å²) in [6.45, 7) is 6.30. The fourth-order valence-electron chi connectivity index (χ4n) is 5.13. The summed E-state index contributed by atoms with van der Waals surface area (Å²) in [6.07, 6.45) is 8.29. The lowest BCUT2D eigenvalue weighted by Gasteiger charge is -2.29. The summed E-state index contributed by atoms with van der Waals surface area (Å²) in [5.74, 6) is 1.33. The second-order valence-corrected chi connectivity index (χ2v) is 10.2. The summed E-state index contributed by atoms with van der Waals surface area (Å²) in [5, 5.41) is 6.19. The number of nitrogens with zero attached hydrogens (tertiary/aromatic N) is 2. The van der Waals surface area contributed by atoms with E-state index in [1.807, 2.05) is 13.0 Å². The number of aryl methyl sites for hydroxylation is 2. The Morgan fingerprint density at radius 1 is 1.06 bits per heavy atom. The van der Waals surface area contributed by atoms with Crippen molar-refractivity contribution in [3.05, 3.63) is 41.3 Å². The molecular weight excluding hydrogens is 454 g/mol. The molecule has 0 unspecified atom stereocenters. The van der Waals surface area contributed by atoms with E-state index in [2.05, 4.69) is 44.6 Å². The summed E-state index contributed by atoms with van der Waals surface area (Å²) >= 11 is 0. The van der Waals surface area contributed by atoms with Gasteiger partial charge in [-0.3, -0.25) is 9.59 Å². The van der Waals surface area contributed by atoms with Crippen molar-refractivity contribution in [1.82, 2.24) is 25.6 Å². The molecule has 2 aliphatic carbocycles. The molecule has 3 N–H and O–H groups in total. The van der Waals surface area contributed by atoms with Crippen LogP contribution in [0.1, 0.15) is 74.0 Å². The normalized spacial score (nSPS) is 19.8. The molecule has 0 radical (unpaired) electrons. The zero-order valence-corrected chi connectivity index (χ0v) is 21.3. The lowest BCUT2D eigenvalue weighted by Crippen LogP contribution is -2.43. The van der Waals surface area contributed by atoms with Gasteiger partial charge in [0.2, 0.25) is 5.91 Å². The number of hydrogen-bond acceptors (Lipinski definition) is 5. The van der Waals surface area contributed by atoms with Crippen LogP contribution in [-0.2, 0) is 11.2 Å². The zero-order chi connectivity index (χ0) is 25.2. The minimum absolute atomic E-state index is 0.00189. The Labute approximate surface area is 211 Å². The van der Waals surface area contributed by atoms with E-state index in [0.717, 1.165) is 60.3 Å². The van der Waals surface area contributed by atoms with Gasteiger partial charge in [-0.25, -0.2) is 9.97 Å². The molecule has 2 saturated carbocycles. The molecule has 0 spiro atoms. The molecule has 2 aliphatic rings. The minimum Gasteiger partial charge on any atom is -0.493 e. The summed E-state index contributed by atoms with van der Waals surface area (Å²) in [5.41, 5.74) is 5.57. The van der Waals surface area contributed by atoms with Gasteiger partial charge in [0.25, 0.3) is 5.91 Å². The van der Waals surface area contributed by atoms with E-state index in [1.165, 1.54) is 24.7 Å². The van der Waals surface area contributed by atoms with E-state index < -0.39 is 0 Å². The number of rotatable bonds is 8. The van der Waals surface area contributed by atoms with Crippen molar-refractivity contribution in [3.63, 3.8) is 0 Å². The maximum absolute atomic E-state index is 13.4. The molecule has 8 nitrogen and oxygen atoms in total. The van der Waals surface area contributed by atoms with Crippen LogP contribution in [0.3, 0.4) is 0 Å². The number of amides is 2. The van der Waals surface area contributed by atoms with Crippen molar-refractivity contribution >= 4 is 22.8 Å². The molecule has 190 valence electrons. The van der Waals surface area contributed by atoms with Crippen LogP contribution >= 0.6 is 0 Å². The Kier molecular flexibility index (Phi) is 6.94. The van der Waals surface area contributed by atoms with Gasteiger partial charge in [0, 0.05) is 30.3 Å². The predicted molar refractivity (Wildman–Crippen MR) is 139 cm³/mol. The lowest BCUT2D eigenvalue weighted by atomic mass is 9.91.